The second-order valence-electron chi connectivity index (χ2n) is 3.74. The third-order valence-electron chi connectivity index (χ3n) is 2.48. The van der Waals surface area contributed by atoms with E-state index in [9.17, 15) is 0 Å². The normalized spacial score (nSPS) is 19.4. The summed E-state index contributed by atoms with van der Waals surface area (Å²) in [6.07, 6.45) is 2.47. The topological polar surface area (TPSA) is 61.3 Å². The predicted octanol–water partition coefficient (Wildman–Crippen LogP) is 2.50. The zero-order valence-electron chi connectivity index (χ0n) is 8.82. The van der Waals surface area contributed by atoms with Crippen LogP contribution in [0.1, 0.15) is 19.8 Å². The molecule has 1 aromatic rings. The molecule has 0 aliphatic carbocycles. The molecule has 0 aromatic heterocycles. The molecule has 0 spiro atoms. The highest BCUT2D eigenvalue weighted by atomic mass is 32.2. The van der Waals surface area contributed by atoms with Gasteiger partial charge in [0, 0.05) is 11.4 Å². The van der Waals surface area contributed by atoms with Crippen molar-refractivity contribution in [2.24, 2.45) is 0 Å². The third kappa shape index (κ3) is 2.00. The first-order chi connectivity index (χ1) is 7.22. The molecule has 3 nitrogen and oxygen atoms in total. The summed E-state index contributed by atoms with van der Waals surface area (Å²) in [6, 6.07) is 3.65. The van der Waals surface area contributed by atoms with Gasteiger partial charge in [0.15, 0.2) is 5.75 Å². The lowest BCUT2D eigenvalue weighted by Crippen LogP contribution is -2.23. The molecule has 0 fully saturated rings. The second-order valence-corrected chi connectivity index (χ2v) is 4.77. The maximum atomic E-state index is 5.87. The summed E-state index contributed by atoms with van der Waals surface area (Å²) in [4.78, 5) is 1.00. The van der Waals surface area contributed by atoms with Gasteiger partial charge in [0.05, 0.1) is 10.6 Å². The third-order valence-corrected chi connectivity index (χ3v) is 3.73. The van der Waals surface area contributed by atoms with Gasteiger partial charge in [0.25, 0.3) is 0 Å². The molecule has 1 heterocycles. The van der Waals surface area contributed by atoms with E-state index in [0.29, 0.717) is 5.69 Å². The number of ether oxygens (including phenoxy) is 1. The van der Waals surface area contributed by atoms with Gasteiger partial charge in [-0.05, 0) is 18.6 Å². The van der Waals surface area contributed by atoms with Crippen LogP contribution < -0.4 is 16.2 Å². The molecular formula is C11H16N2OS. The van der Waals surface area contributed by atoms with Crippen LogP contribution >= 0.6 is 11.8 Å². The molecule has 4 heteroatoms. The fourth-order valence-electron chi connectivity index (χ4n) is 1.70. The first-order valence-electron chi connectivity index (χ1n) is 5.19. The van der Waals surface area contributed by atoms with Gasteiger partial charge in [-0.1, -0.05) is 13.3 Å². The molecule has 15 heavy (non-hydrogen) atoms. The van der Waals surface area contributed by atoms with Crippen molar-refractivity contribution >= 4 is 23.1 Å². The Morgan fingerprint density at radius 1 is 1.40 bits per heavy atom. The number of benzene rings is 1. The molecule has 2 rings (SSSR count). The number of nitrogen functional groups attached to an aromatic ring is 2. The maximum Gasteiger partial charge on any atom is 0.158 e. The van der Waals surface area contributed by atoms with Crippen molar-refractivity contribution in [3.63, 3.8) is 0 Å². The van der Waals surface area contributed by atoms with E-state index < -0.39 is 0 Å². The molecule has 1 aliphatic heterocycles. The number of anilines is 2. The molecule has 0 radical (unpaired) electrons. The Balaban J connectivity index is 2.28. The van der Waals surface area contributed by atoms with Gasteiger partial charge < -0.3 is 16.2 Å². The first kappa shape index (κ1) is 10.5. The summed E-state index contributed by atoms with van der Waals surface area (Å²) in [5, 5.41) is 0. The van der Waals surface area contributed by atoms with E-state index in [1.807, 2.05) is 12.1 Å². The molecule has 1 aliphatic rings. The van der Waals surface area contributed by atoms with E-state index >= 15 is 0 Å². The van der Waals surface area contributed by atoms with Crippen molar-refractivity contribution in [3.05, 3.63) is 12.1 Å². The molecule has 1 atom stereocenters. The minimum atomic E-state index is 0.275. The van der Waals surface area contributed by atoms with Gasteiger partial charge in [-0.2, -0.15) is 0 Å². The van der Waals surface area contributed by atoms with Gasteiger partial charge in [-0.3, -0.25) is 0 Å². The lowest BCUT2D eigenvalue weighted by molar-refractivity contribution is 0.206. The molecule has 1 aromatic carbocycles. The Hall–Kier alpha value is -1.03. The Bertz CT molecular complexity index is 368. The van der Waals surface area contributed by atoms with Gasteiger partial charge in [-0.25, -0.2) is 0 Å². The number of nitrogens with two attached hydrogens (primary N) is 2. The smallest absolute Gasteiger partial charge is 0.158 e. The number of rotatable bonds is 2. The summed E-state index contributed by atoms with van der Waals surface area (Å²) in [6.45, 7) is 2.16. The van der Waals surface area contributed by atoms with Crippen molar-refractivity contribution < 1.29 is 4.74 Å². The molecule has 0 saturated heterocycles. The molecule has 82 valence electrons. The quantitative estimate of drug-likeness (QED) is 0.758. The Labute approximate surface area is 94.2 Å². The molecule has 0 saturated carbocycles. The minimum absolute atomic E-state index is 0.275. The molecule has 1 unspecified atom stereocenters. The van der Waals surface area contributed by atoms with Crippen LogP contribution in [0, 0.1) is 0 Å². The molecule has 4 N–H and O–H groups in total. The van der Waals surface area contributed by atoms with Crippen LogP contribution in [0.25, 0.3) is 0 Å². The van der Waals surface area contributed by atoms with Gasteiger partial charge >= 0.3 is 0 Å². The number of hydrogen-bond donors (Lipinski definition) is 2. The Kier molecular flexibility index (Phi) is 2.95. The zero-order valence-corrected chi connectivity index (χ0v) is 9.64. The van der Waals surface area contributed by atoms with Crippen LogP contribution in [0.5, 0.6) is 5.75 Å². The SMILES string of the molecule is CCCC1CSc2c(N)ccc(N)c2O1. The van der Waals surface area contributed by atoms with E-state index in [-0.39, 0.29) is 6.10 Å². The van der Waals surface area contributed by atoms with E-state index in [0.717, 1.165) is 34.9 Å². The highest BCUT2D eigenvalue weighted by molar-refractivity contribution is 7.99. The molecule has 0 amide bonds. The lowest BCUT2D eigenvalue weighted by Gasteiger charge is -2.27. The van der Waals surface area contributed by atoms with Crippen molar-refractivity contribution in [1.82, 2.24) is 0 Å². The standard InChI is InChI=1S/C11H16N2OS/c1-2-3-7-6-15-11-9(13)5-4-8(12)10(11)14-7/h4-5,7H,2-3,6,12-13H2,1H3. The van der Waals surface area contributed by atoms with Crippen molar-refractivity contribution in [3.8, 4) is 5.75 Å². The van der Waals surface area contributed by atoms with Crippen molar-refractivity contribution in [1.29, 1.82) is 0 Å². The Morgan fingerprint density at radius 3 is 2.87 bits per heavy atom. The summed E-state index contributed by atoms with van der Waals surface area (Å²) < 4.78 is 5.86. The fraction of sp³-hybridized carbons (Fsp3) is 0.455. The number of hydrogen-bond acceptors (Lipinski definition) is 4. The summed E-state index contributed by atoms with van der Waals surface area (Å²) in [5.41, 5.74) is 13.2. The number of fused-ring (bicyclic) bond motifs is 1. The van der Waals surface area contributed by atoms with E-state index in [2.05, 4.69) is 6.92 Å². The van der Waals surface area contributed by atoms with Gasteiger partial charge in [0.1, 0.15) is 6.10 Å². The fourth-order valence-corrected chi connectivity index (χ4v) is 2.82. The highest BCUT2D eigenvalue weighted by Gasteiger charge is 2.23. The van der Waals surface area contributed by atoms with E-state index in [4.69, 9.17) is 16.2 Å². The summed E-state index contributed by atoms with van der Waals surface area (Å²) >= 11 is 1.75. The van der Waals surface area contributed by atoms with E-state index in [1.54, 1.807) is 11.8 Å². The monoisotopic (exact) mass is 224 g/mol. The maximum absolute atomic E-state index is 5.87. The molecular weight excluding hydrogens is 208 g/mol. The van der Waals surface area contributed by atoms with Crippen LogP contribution in [0.2, 0.25) is 0 Å². The highest BCUT2D eigenvalue weighted by Crippen LogP contribution is 2.43. The van der Waals surface area contributed by atoms with Crippen molar-refractivity contribution in [2.45, 2.75) is 30.8 Å². The van der Waals surface area contributed by atoms with Crippen LogP contribution in [0.15, 0.2) is 17.0 Å². The zero-order chi connectivity index (χ0) is 10.8. The van der Waals surface area contributed by atoms with Crippen LogP contribution in [-0.4, -0.2) is 11.9 Å². The predicted molar refractivity (Wildman–Crippen MR) is 65.3 cm³/mol. The minimum Gasteiger partial charge on any atom is -0.486 e. The van der Waals surface area contributed by atoms with Gasteiger partial charge in [0.2, 0.25) is 0 Å². The average Bonchev–Trinajstić information content (AvgIpc) is 2.24. The van der Waals surface area contributed by atoms with Crippen molar-refractivity contribution in [2.75, 3.05) is 17.2 Å². The summed E-state index contributed by atoms with van der Waals surface area (Å²) in [5.74, 6) is 1.75. The van der Waals surface area contributed by atoms with E-state index in [1.165, 1.54) is 0 Å². The van der Waals surface area contributed by atoms with Crippen LogP contribution in [0.4, 0.5) is 11.4 Å². The second kappa shape index (κ2) is 4.23. The summed E-state index contributed by atoms with van der Waals surface area (Å²) in [7, 11) is 0. The molecule has 0 bridgehead atoms. The number of thioether (sulfide) groups is 1. The van der Waals surface area contributed by atoms with Gasteiger partial charge in [-0.15, -0.1) is 11.8 Å². The average molecular weight is 224 g/mol. The van der Waals surface area contributed by atoms with Crippen LogP contribution in [0.3, 0.4) is 0 Å². The Morgan fingerprint density at radius 2 is 2.13 bits per heavy atom. The first-order valence-corrected chi connectivity index (χ1v) is 6.18. The van der Waals surface area contributed by atoms with Crippen LogP contribution in [-0.2, 0) is 0 Å². The largest absolute Gasteiger partial charge is 0.486 e. The lowest BCUT2D eigenvalue weighted by atomic mass is 10.2.